The molecule has 1 aliphatic rings. The highest BCUT2D eigenvalue weighted by Gasteiger charge is 2.23. The van der Waals surface area contributed by atoms with Crippen molar-refractivity contribution in [2.24, 2.45) is 0 Å². The summed E-state index contributed by atoms with van der Waals surface area (Å²) in [5.74, 6) is 0.00532. The van der Waals surface area contributed by atoms with Gasteiger partial charge in [-0.3, -0.25) is 9.69 Å². The Balaban J connectivity index is 1.45. The number of hydrogen-bond donors (Lipinski definition) is 1. The van der Waals surface area contributed by atoms with Gasteiger partial charge in [0.05, 0.1) is 0 Å². The maximum atomic E-state index is 12.5. The number of aryl methyl sites for hydroxylation is 1. The third-order valence-electron chi connectivity index (χ3n) is 5.56. The molecule has 0 saturated carbocycles. The molecule has 1 aliphatic heterocycles. The lowest BCUT2D eigenvalue weighted by atomic mass is 10.0. The van der Waals surface area contributed by atoms with Gasteiger partial charge in [0.2, 0.25) is 0 Å². The fourth-order valence-corrected chi connectivity index (χ4v) is 4.03. The summed E-state index contributed by atoms with van der Waals surface area (Å²) in [6, 6.07) is 10.5. The number of aromatic nitrogens is 2. The predicted octanol–water partition coefficient (Wildman–Crippen LogP) is 3.52. The Labute approximate surface area is 160 Å². The van der Waals surface area contributed by atoms with Crippen molar-refractivity contribution in [3.8, 4) is 11.1 Å². The third-order valence-corrected chi connectivity index (χ3v) is 5.56. The van der Waals surface area contributed by atoms with Crippen LogP contribution in [0, 0.1) is 6.92 Å². The molecule has 1 N–H and O–H groups in total. The first kappa shape index (κ1) is 17.7. The van der Waals surface area contributed by atoms with Gasteiger partial charge in [0.1, 0.15) is 5.65 Å². The Hall–Kier alpha value is -2.66. The lowest BCUT2D eigenvalue weighted by Gasteiger charge is -2.22. The second-order valence-corrected chi connectivity index (χ2v) is 7.28. The van der Waals surface area contributed by atoms with E-state index in [4.69, 9.17) is 0 Å². The number of rotatable bonds is 5. The van der Waals surface area contributed by atoms with E-state index in [1.54, 1.807) is 0 Å². The molecule has 2 aromatic heterocycles. The molecule has 1 amide bonds. The van der Waals surface area contributed by atoms with Crippen LogP contribution in [0.2, 0.25) is 0 Å². The van der Waals surface area contributed by atoms with E-state index in [9.17, 15) is 4.79 Å². The van der Waals surface area contributed by atoms with Crippen LogP contribution in [-0.4, -0.2) is 45.9 Å². The van der Waals surface area contributed by atoms with Gasteiger partial charge in [0.15, 0.2) is 0 Å². The van der Waals surface area contributed by atoms with Crippen LogP contribution in [0.15, 0.2) is 48.9 Å². The second-order valence-electron chi connectivity index (χ2n) is 7.28. The van der Waals surface area contributed by atoms with Crippen molar-refractivity contribution < 1.29 is 4.79 Å². The van der Waals surface area contributed by atoms with Crippen LogP contribution in [0.25, 0.3) is 16.8 Å². The molecule has 0 unspecified atom stereocenters. The molecular weight excluding hydrogens is 336 g/mol. The number of carbonyl (C=O) groups excluding carboxylic acids is 1. The van der Waals surface area contributed by atoms with Crippen LogP contribution in [0.4, 0.5) is 0 Å². The number of fused-ring (bicyclic) bond motifs is 1. The molecule has 1 aromatic carbocycles. The average molecular weight is 362 g/mol. The molecule has 5 nitrogen and oxygen atoms in total. The van der Waals surface area contributed by atoms with Crippen molar-refractivity contribution in [2.75, 3.05) is 19.6 Å². The fraction of sp³-hybridized carbons (Fsp3) is 0.364. The van der Waals surface area contributed by atoms with Gasteiger partial charge in [-0.05, 0) is 67.7 Å². The Bertz CT molecular complexity index is 945. The summed E-state index contributed by atoms with van der Waals surface area (Å²) in [6.45, 7) is 7.17. The van der Waals surface area contributed by atoms with Gasteiger partial charge in [-0.2, -0.15) is 0 Å². The zero-order valence-corrected chi connectivity index (χ0v) is 16.0. The van der Waals surface area contributed by atoms with Crippen LogP contribution >= 0.6 is 0 Å². The number of likely N-dealkylation sites (tertiary alicyclic amines) is 1. The van der Waals surface area contributed by atoms with Gasteiger partial charge in [0, 0.05) is 36.7 Å². The first-order chi connectivity index (χ1) is 13.2. The molecule has 27 heavy (non-hydrogen) atoms. The van der Waals surface area contributed by atoms with Gasteiger partial charge in [-0.1, -0.05) is 19.1 Å². The monoisotopic (exact) mass is 362 g/mol. The van der Waals surface area contributed by atoms with Crippen molar-refractivity contribution in [1.29, 1.82) is 0 Å². The van der Waals surface area contributed by atoms with Gasteiger partial charge in [-0.25, -0.2) is 4.98 Å². The zero-order chi connectivity index (χ0) is 18.8. The highest BCUT2D eigenvalue weighted by atomic mass is 16.1. The Kier molecular flexibility index (Phi) is 4.94. The van der Waals surface area contributed by atoms with E-state index in [0.717, 1.165) is 42.0 Å². The van der Waals surface area contributed by atoms with Crippen molar-refractivity contribution >= 4 is 11.6 Å². The summed E-state index contributed by atoms with van der Waals surface area (Å²) in [7, 11) is 0. The number of nitrogens with one attached hydrogen (secondary N) is 1. The second kappa shape index (κ2) is 7.53. The molecule has 0 spiro atoms. The SMILES string of the molecule is CCN1CCC[C@H]1CNC(=O)c1ccc(-c2cc(C)c3nccn3c2)cc1. The van der Waals surface area contributed by atoms with E-state index < -0.39 is 0 Å². The standard InChI is InChI=1S/C22H26N4O/c1-3-25-11-4-5-20(25)14-24-22(27)18-8-6-17(7-9-18)19-13-16(2)21-23-10-12-26(21)15-19/h6-10,12-13,15,20H,3-5,11,14H2,1-2H3,(H,24,27)/t20-/m0/s1. The van der Waals surface area contributed by atoms with Crippen molar-refractivity contribution in [2.45, 2.75) is 32.7 Å². The number of benzene rings is 1. The number of carbonyl (C=O) groups is 1. The Morgan fingerprint density at radius 2 is 2.07 bits per heavy atom. The molecule has 1 saturated heterocycles. The topological polar surface area (TPSA) is 49.6 Å². The van der Waals surface area contributed by atoms with Gasteiger partial charge < -0.3 is 9.72 Å². The smallest absolute Gasteiger partial charge is 0.251 e. The van der Waals surface area contributed by atoms with Crippen LogP contribution < -0.4 is 5.32 Å². The highest BCUT2D eigenvalue weighted by molar-refractivity contribution is 5.94. The Morgan fingerprint density at radius 3 is 2.85 bits per heavy atom. The number of amides is 1. The molecule has 3 heterocycles. The first-order valence-corrected chi connectivity index (χ1v) is 9.71. The number of pyridine rings is 1. The lowest BCUT2D eigenvalue weighted by Crippen LogP contribution is -2.40. The predicted molar refractivity (Wildman–Crippen MR) is 108 cm³/mol. The molecular formula is C22H26N4O. The van der Waals surface area contributed by atoms with Gasteiger partial charge in [-0.15, -0.1) is 0 Å². The van der Waals surface area contributed by atoms with E-state index in [1.165, 1.54) is 12.8 Å². The lowest BCUT2D eigenvalue weighted by molar-refractivity contribution is 0.0941. The third kappa shape index (κ3) is 3.60. The van der Waals surface area contributed by atoms with Crippen molar-refractivity contribution in [3.63, 3.8) is 0 Å². The average Bonchev–Trinajstić information content (AvgIpc) is 3.35. The molecule has 4 rings (SSSR count). The van der Waals surface area contributed by atoms with E-state index in [-0.39, 0.29) is 5.91 Å². The quantitative estimate of drug-likeness (QED) is 0.755. The number of imidazole rings is 1. The summed E-state index contributed by atoms with van der Waals surface area (Å²) in [5, 5.41) is 3.10. The molecule has 3 aromatic rings. The Morgan fingerprint density at radius 1 is 1.26 bits per heavy atom. The molecule has 0 bridgehead atoms. The van der Waals surface area contributed by atoms with Crippen molar-refractivity contribution in [1.82, 2.24) is 19.6 Å². The minimum Gasteiger partial charge on any atom is -0.350 e. The van der Waals surface area contributed by atoms with Gasteiger partial charge >= 0.3 is 0 Å². The largest absolute Gasteiger partial charge is 0.350 e. The molecule has 1 fully saturated rings. The highest BCUT2D eigenvalue weighted by Crippen LogP contribution is 2.23. The maximum absolute atomic E-state index is 12.5. The van der Waals surface area contributed by atoms with E-state index >= 15 is 0 Å². The summed E-state index contributed by atoms with van der Waals surface area (Å²) in [5.41, 5.74) is 5.03. The van der Waals surface area contributed by atoms with E-state index in [0.29, 0.717) is 11.6 Å². The number of hydrogen-bond acceptors (Lipinski definition) is 3. The minimum atomic E-state index is 0.00532. The van der Waals surface area contributed by atoms with E-state index in [2.05, 4.69) is 41.3 Å². The first-order valence-electron chi connectivity index (χ1n) is 9.71. The zero-order valence-electron chi connectivity index (χ0n) is 16.0. The summed E-state index contributed by atoms with van der Waals surface area (Å²) in [4.78, 5) is 19.3. The summed E-state index contributed by atoms with van der Waals surface area (Å²) in [6.07, 6.45) is 8.23. The molecule has 0 radical (unpaired) electrons. The van der Waals surface area contributed by atoms with Crippen molar-refractivity contribution in [3.05, 3.63) is 60.0 Å². The molecule has 0 aliphatic carbocycles. The fourth-order valence-electron chi connectivity index (χ4n) is 4.03. The van der Waals surface area contributed by atoms with E-state index in [1.807, 2.05) is 41.1 Å². The van der Waals surface area contributed by atoms with Crippen LogP contribution in [-0.2, 0) is 0 Å². The van der Waals surface area contributed by atoms with Crippen LogP contribution in [0.5, 0.6) is 0 Å². The van der Waals surface area contributed by atoms with Gasteiger partial charge in [0.25, 0.3) is 5.91 Å². The maximum Gasteiger partial charge on any atom is 0.251 e. The molecule has 140 valence electrons. The summed E-state index contributed by atoms with van der Waals surface area (Å²) >= 11 is 0. The normalized spacial score (nSPS) is 17.5. The number of likely N-dealkylation sites (N-methyl/N-ethyl adjacent to an activating group) is 1. The number of nitrogens with zero attached hydrogens (tertiary/aromatic N) is 3. The molecule has 5 heteroatoms. The van der Waals surface area contributed by atoms with Crippen LogP contribution in [0.3, 0.4) is 0 Å². The minimum absolute atomic E-state index is 0.00532. The summed E-state index contributed by atoms with van der Waals surface area (Å²) < 4.78 is 2.03. The van der Waals surface area contributed by atoms with Crippen LogP contribution in [0.1, 0.15) is 35.7 Å². The molecule has 1 atom stereocenters.